The van der Waals surface area contributed by atoms with Crippen molar-refractivity contribution in [3.8, 4) is 5.75 Å². The fourth-order valence-corrected chi connectivity index (χ4v) is 6.19. The summed E-state index contributed by atoms with van der Waals surface area (Å²) in [6.45, 7) is 13.8. The van der Waals surface area contributed by atoms with Gasteiger partial charge in [-0.15, -0.1) is 0 Å². The van der Waals surface area contributed by atoms with Crippen molar-refractivity contribution in [1.29, 1.82) is 0 Å². The summed E-state index contributed by atoms with van der Waals surface area (Å²) in [5.74, 6) is 2.26. The maximum atomic E-state index is 12.7. The fraction of sp³-hybridized carbons (Fsp3) is 0.621. The summed E-state index contributed by atoms with van der Waals surface area (Å²) in [4.78, 5) is 31.2. The molecule has 3 aliphatic heterocycles. The number of carbonyl (C=O) groups is 1. The van der Waals surface area contributed by atoms with Gasteiger partial charge in [0.05, 0.1) is 18.0 Å². The Morgan fingerprint density at radius 2 is 1.89 bits per heavy atom. The van der Waals surface area contributed by atoms with Crippen molar-refractivity contribution < 1.29 is 9.53 Å². The highest BCUT2D eigenvalue weighted by Gasteiger charge is 2.35. The van der Waals surface area contributed by atoms with Crippen molar-refractivity contribution >= 4 is 34.7 Å². The molecular weight excluding hydrogens is 478 g/mol. The molecule has 1 amide bonds. The summed E-state index contributed by atoms with van der Waals surface area (Å²) < 4.78 is 6.26. The van der Waals surface area contributed by atoms with Gasteiger partial charge < -0.3 is 29.7 Å². The number of amides is 1. The molecular formula is C29H43N7O2. The first-order valence-corrected chi connectivity index (χ1v) is 14.3. The third-order valence-electron chi connectivity index (χ3n) is 8.28. The van der Waals surface area contributed by atoms with Gasteiger partial charge in [-0.2, -0.15) is 4.98 Å². The third-order valence-corrected chi connectivity index (χ3v) is 8.28. The van der Waals surface area contributed by atoms with E-state index in [9.17, 15) is 4.79 Å². The molecule has 0 bridgehead atoms. The average Bonchev–Trinajstić information content (AvgIpc) is 3.34. The van der Waals surface area contributed by atoms with Gasteiger partial charge in [0.2, 0.25) is 11.9 Å². The smallest absolute Gasteiger partial charge is 0.229 e. The highest BCUT2D eigenvalue weighted by Crippen LogP contribution is 2.39. The van der Waals surface area contributed by atoms with Gasteiger partial charge in [-0.1, -0.05) is 13.8 Å². The highest BCUT2D eigenvalue weighted by molar-refractivity contribution is 5.97. The molecule has 1 aromatic carbocycles. The minimum atomic E-state index is 0.0391. The summed E-state index contributed by atoms with van der Waals surface area (Å²) in [5.41, 5.74) is 2.80. The van der Waals surface area contributed by atoms with Gasteiger partial charge in [-0.3, -0.25) is 4.79 Å². The van der Waals surface area contributed by atoms with Crippen molar-refractivity contribution in [3.63, 3.8) is 0 Å². The number of carbonyl (C=O) groups excluding carboxylic acids is 1. The van der Waals surface area contributed by atoms with Crippen molar-refractivity contribution in [2.45, 2.75) is 78.0 Å². The number of hydrogen-bond donors (Lipinski definition) is 1. The number of aromatic nitrogens is 2. The predicted molar refractivity (Wildman–Crippen MR) is 154 cm³/mol. The first-order valence-electron chi connectivity index (χ1n) is 14.3. The number of piperidine rings is 1. The van der Waals surface area contributed by atoms with Gasteiger partial charge in [-0.05, 0) is 64.8 Å². The van der Waals surface area contributed by atoms with Gasteiger partial charge in [-0.25, -0.2) is 4.98 Å². The Morgan fingerprint density at radius 1 is 1.13 bits per heavy atom. The molecule has 1 unspecified atom stereocenters. The molecule has 2 saturated heterocycles. The second-order valence-electron chi connectivity index (χ2n) is 11.0. The van der Waals surface area contributed by atoms with Crippen LogP contribution in [0.1, 0.15) is 59.8 Å². The Balaban J connectivity index is 1.37. The van der Waals surface area contributed by atoms with E-state index in [2.05, 4.69) is 57.0 Å². The zero-order chi connectivity index (χ0) is 26.8. The minimum absolute atomic E-state index is 0.0391. The van der Waals surface area contributed by atoms with Crippen molar-refractivity contribution in [2.75, 3.05) is 59.8 Å². The molecule has 4 heterocycles. The van der Waals surface area contributed by atoms with E-state index in [4.69, 9.17) is 9.72 Å². The Labute approximate surface area is 227 Å². The zero-order valence-electron chi connectivity index (χ0n) is 23.6. The largest absolute Gasteiger partial charge is 0.489 e. The lowest BCUT2D eigenvalue weighted by Crippen LogP contribution is -2.44. The Hall–Kier alpha value is -3.07. The minimum Gasteiger partial charge on any atom is -0.489 e. The van der Waals surface area contributed by atoms with Crippen LogP contribution in [0, 0.1) is 0 Å². The standard InChI is InChI=1S/C29H43N7O2/c1-6-34(7-2)21-12-15-35(16-13-21)22-10-11-24(26(17-22)38-20(3)4)31-29-30-19-25-28(32-29)36-14-8-9-23(36)18-27(37)33(25)5/h10-11,17,19-21,23H,6-9,12-16,18H2,1-5H3,(H,30,31,32). The van der Waals surface area contributed by atoms with Crippen LogP contribution in [0.5, 0.6) is 5.75 Å². The lowest BCUT2D eigenvalue weighted by molar-refractivity contribution is -0.118. The summed E-state index contributed by atoms with van der Waals surface area (Å²) in [6.07, 6.45) is 6.78. The number of fused-ring (bicyclic) bond motifs is 3. The van der Waals surface area contributed by atoms with Gasteiger partial charge in [0.25, 0.3) is 0 Å². The number of ether oxygens (including phenoxy) is 1. The average molecular weight is 522 g/mol. The number of anilines is 5. The summed E-state index contributed by atoms with van der Waals surface area (Å²) in [6, 6.07) is 7.27. The molecule has 3 aliphatic rings. The molecule has 1 N–H and O–H groups in total. The number of rotatable bonds is 8. The second-order valence-corrected chi connectivity index (χ2v) is 11.0. The second kappa shape index (κ2) is 11.4. The van der Waals surface area contributed by atoms with Crippen LogP contribution in [-0.4, -0.2) is 78.7 Å². The predicted octanol–water partition coefficient (Wildman–Crippen LogP) is 4.65. The van der Waals surface area contributed by atoms with Gasteiger partial charge >= 0.3 is 0 Å². The van der Waals surface area contributed by atoms with Gasteiger partial charge in [0.1, 0.15) is 11.4 Å². The summed E-state index contributed by atoms with van der Waals surface area (Å²) in [7, 11) is 1.82. The van der Waals surface area contributed by atoms with E-state index in [1.807, 2.05) is 20.9 Å². The van der Waals surface area contributed by atoms with E-state index in [0.29, 0.717) is 18.4 Å². The molecule has 2 fully saturated rings. The van der Waals surface area contributed by atoms with Crippen LogP contribution < -0.4 is 24.8 Å². The van der Waals surface area contributed by atoms with Crippen LogP contribution >= 0.6 is 0 Å². The van der Waals surface area contributed by atoms with Crippen molar-refractivity contribution in [1.82, 2.24) is 14.9 Å². The molecule has 0 saturated carbocycles. The number of benzene rings is 1. The Morgan fingerprint density at radius 3 is 2.61 bits per heavy atom. The molecule has 0 radical (unpaired) electrons. The van der Waals surface area contributed by atoms with E-state index < -0.39 is 0 Å². The van der Waals surface area contributed by atoms with Crippen molar-refractivity contribution in [3.05, 3.63) is 24.4 Å². The molecule has 5 rings (SSSR count). The molecule has 206 valence electrons. The highest BCUT2D eigenvalue weighted by atomic mass is 16.5. The molecule has 9 heteroatoms. The number of hydrogen-bond acceptors (Lipinski definition) is 8. The van der Waals surface area contributed by atoms with E-state index >= 15 is 0 Å². The number of nitrogens with zero attached hydrogens (tertiary/aromatic N) is 6. The number of nitrogens with one attached hydrogen (secondary N) is 1. The molecule has 9 nitrogen and oxygen atoms in total. The monoisotopic (exact) mass is 521 g/mol. The first kappa shape index (κ1) is 26.5. The van der Waals surface area contributed by atoms with Crippen LogP contribution in [0.2, 0.25) is 0 Å². The Kier molecular flexibility index (Phi) is 7.93. The normalized spacial score (nSPS) is 20.1. The van der Waals surface area contributed by atoms with Crippen LogP contribution in [0.25, 0.3) is 0 Å². The maximum Gasteiger partial charge on any atom is 0.229 e. The molecule has 0 spiro atoms. The summed E-state index contributed by atoms with van der Waals surface area (Å²) >= 11 is 0. The molecule has 0 aliphatic carbocycles. The van der Waals surface area contributed by atoms with Gasteiger partial charge in [0.15, 0.2) is 5.82 Å². The van der Waals surface area contributed by atoms with Crippen LogP contribution in [0.15, 0.2) is 24.4 Å². The zero-order valence-corrected chi connectivity index (χ0v) is 23.6. The van der Waals surface area contributed by atoms with E-state index in [-0.39, 0.29) is 18.1 Å². The van der Waals surface area contributed by atoms with Crippen molar-refractivity contribution in [2.24, 2.45) is 0 Å². The van der Waals surface area contributed by atoms with E-state index in [1.165, 1.54) is 18.5 Å². The van der Waals surface area contributed by atoms with Gasteiger partial charge in [0, 0.05) is 56.9 Å². The third kappa shape index (κ3) is 5.39. The fourth-order valence-electron chi connectivity index (χ4n) is 6.19. The Bertz CT molecular complexity index is 1130. The topological polar surface area (TPSA) is 77.1 Å². The lowest BCUT2D eigenvalue weighted by Gasteiger charge is -2.39. The molecule has 1 atom stereocenters. The SMILES string of the molecule is CCN(CC)C1CCN(c2ccc(Nc3ncc4c(n3)N3CCCC3CC(=O)N4C)c(OC(C)C)c2)CC1. The van der Waals surface area contributed by atoms with Crippen LogP contribution in [-0.2, 0) is 4.79 Å². The lowest BCUT2D eigenvalue weighted by atomic mass is 10.0. The summed E-state index contributed by atoms with van der Waals surface area (Å²) in [5, 5.41) is 3.42. The molecule has 38 heavy (non-hydrogen) atoms. The maximum absolute atomic E-state index is 12.7. The quantitative estimate of drug-likeness (QED) is 0.538. The molecule has 1 aromatic heterocycles. The van der Waals surface area contributed by atoms with Crippen LogP contribution in [0.3, 0.4) is 0 Å². The first-order chi connectivity index (χ1) is 18.4. The van der Waals surface area contributed by atoms with Crippen LogP contribution in [0.4, 0.5) is 28.8 Å². The van der Waals surface area contributed by atoms with E-state index in [1.54, 1.807) is 11.1 Å². The molecule has 2 aromatic rings. The van der Waals surface area contributed by atoms with E-state index in [0.717, 1.165) is 68.5 Å².